The van der Waals surface area contributed by atoms with Crippen LogP contribution < -0.4 is 10.6 Å². The number of hydrogen-bond acceptors (Lipinski definition) is 5. The van der Waals surface area contributed by atoms with Gasteiger partial charge in [-0.1, -0.05) is 24.3 Å². The molecule has 3 rings (SSSR count). The molecule has 0 saturated heterocycles. The molecule has 2 aromatic heterocycles. The highest BCUT2D eigenvalue weighted by atomic mass is 32.1. The number of anilines is 2. The molecule has 1 aromatic carbocycles. The van der Waals surface area contributed by atoms with E-state index in [1.54, 1.807) is 12.1 Å². The molecule has 2 amide bonds. The largest absolute Gasteiger partial charge is 0.318 e. The first kappa shape index (κ1) is 15.6. The number of amides is 2. The van der Waals surface area contributed by atoms with Crippen molar-refractivity contribution in [2.24, 2.45) is 0 Å². The van der Waals surface area contributed by atoms with Crippen LogP contribution in [-0.4, -0.2) is 16.8 Å². The number of aromatic nitrogens is 1. The molecule has 0 atom stereocenters. The molecular formula is C16H15N3O2S2. The third-order valence-electron chi connectivity index (χ3n) is 3.21. The van der Waals surface area contributed by atoms with Crippen LogP contribution in [0.25, 0.3) is 10.2 Å². The number of aryl methyl sites for hydroxylation is 1. The summed E-state index contributed by atoms with van der Waals surface area (Å²) in [5.41, 5.74) is 2.13. The van der Waals surface area contributed by atoms with Crippen LogP contribution in [0.5, 0.6) is 0 Å². The number of carbonyl (C=O) groups excluding carboxylic acids is 2. The van der Waals surface area contributed by atoms with E-state index in [1.165, 1.54) is 35.2 Å². The van der Waals surface area contributed by atoms with E-state index in [-0.39, 0.29) is 11.8 Å². The number of thiazole rings is 1. The molecule has 0 aliphatic carbocycles. The van der Waals surface area contributed by atoms with E-state index in [1.807, 2.05) is 12.1 Å². The fourth-order valence-electron chi connectivity index (χ4n) is 2.10. The minimum absolute atomic E-state index is 0.156. The Labute approximate surface area is 141 Å². The third kappa shape index (κ3) is 3.57. The Hall–Kier alpha value is -2.25. The molecular weight excluding hydrogens is 330 g/mol. The molecule has 0 saturated carbocycles. The molecule has 2 N–H and O–H groups in total. The van der Waals surface area contributed by atoms with Gasteiger partial charge in [-0.2, -0.15) is 0 Å². The van der Waals surface area contributed by atoms with Crippen LogP contribution in [0.15, 0.2) is 30.3 Å². The lowest BCUT2D eigenvalue weighted by Gasteiger charge is -1.98. The average Bonchev–Trinajstić information content (AvgIpc) is 3.11. The van der Waals surface area contributed by atoms with Gasteiger partial charge in [-0.25, -0.2) is 4.98 Å². The fraction of sp³-hybridized carbons (Fsp3) is 0.188. The predicted octanol–water partition coefficient (Wildman–Crippen LogP) is 4.13. The number of carbonyl (C=O) groups is 2. The maximum absolute atomic E-state index is 12.3. The number of hydrogen-bond donors (Lipinski definition) is 2. The van der Waals surface area contributed by atoms with Crippen LogP contribution in [0.2, 0.25) is 0 Å². The van der Waals surface area contributed by atoms with Crippen molar-refractivity contribution in [3.05, 3.63) is 40.8 Å². The lowest BCUT2D eigenvalue weighted by Crippen LogP contribution is -2.09. The lowest BCUT2D eigenvalue weighted by molar-refractivity contribution is -0.114. The van der Waals surface area contributed by atoms with Gasteiger partial charge in [0.05, 0.1) is 20.1 Å². The second-order valence-electron chi connectivity index (χ2n) is 4.97. The third-order valence-corrected chi connectivity index (χ3v) is 5.14. The SMILES string of the molecule is CCc1ccc2nc(NC(=O)c3ccc(NC(C)=O)s3)sc2c1. The number of benzene rings is 1. The van der Waals surface area contributed by atoms with E-state index in [4.69, 9.17) is 0 Å². The smallest absolute Gasteiger partial charge is 0.267 e. The average molecular weight is 345 g/mol. The molecule has 0 bridgehead atoms. The Kier molecular flexibility index (Phi) is 4.40. The molecule has 0 unspecified atom stereocenters. The molecule has 3 aromatic rings. The van der Waals surface area contributed by atoms with Gasteiger partial charge in [-0.15, -0.1) is 11.3 Å². The first-order valence-electron chi connectivity index (χ1n) is 7.13. The van der Waals surface area contributed by atoms with Gasteiger partial charge in [-0.3, -0.25) is 14.9 Å². The Bertz CT molecular complexity index is 882. The summed E-state index contributed by atoms with van der Waals surface area (Å²) in [4.78, 5) is 28.2. The van der Waals surface area contributed by atoms with E-state index in [0.29, 0.717) is 15.0 Å². The summed E-state index contributed by atoms with van der Waals surface area (Å²) in [5.74, 6) is -0.377. The molecule has 5 nitrogen and oxygen atoms in total. The maximum atomic E-state index is 12.3. The zero-order valence-electron chi connectivity index (χ0n) is 12.7. The molecule has 0 spiro atoms. The summed E-state index contributed by atoms with van der Waals surface area (Å²) >= 11 is 2.69. The highest BCUT2D eigenvalue weighted by Crippen LogP contribution is 2.28. The highest BCUT2D eigenvalue weighted by Gasteiger charge is 2.13. The van der Waals surface area contributed by atoms with Gasteiger partial charge < -0.3 is 5.32 Å². The Morgan fingerprint density at radius 3 is 2.70 bits per heavy atom. The minimum atomic E-state index is -0.221. The van der Waals surface area contributed by atoms with Gasteiger partial charge in [-0.05, 0) is 36.2 Å². The summed E-state index contributed by atoms with van der Waals surface area (Å²) in [7, 11) is 0. The second-order valence-corrected chi connectivity index (χ2v) is 7.09. The van der Waals surface area contributed by atoms with Crippen LogP contribution >= 0.6 is 22.7 Å². The van der Waals surface area contributed by atoms with E-state index < -0.39 is 0 Å². The summed E-state index contributed by atoms with van der Waals surface area (Å²) < 4.78 is 1.06. The number of nitrogens with zero attached hydrogens (tertiary/aromatic N) is 1. The standard InChI is InChI=1S/C16H15N3O2S2/c1-3-10-4-5-11-13(8-10)23-16(18-11)19-15(21)12-6-7-14(22-12)17-9(2)20/h4-8H,3H2,1-2H3,(H,17,20)(H,18,19,21). The van der Waals surface area contributed by atoms with E-state index in [9.17, 15) is 9.59 Å². The van der Waals surface area contributed by atoms with Crippen molar-refractivity contribution in [1.82, 2.24) is 4.98 Å². The number of fused-ring (bicyclic) bond motifs is 1. The molecule has 2 heterocycles. The maximum Gasteiger partial charge on any atom is 0.267 e. The summed E-state index contributed by atoms with van der Waals surface area (Å²) in [6.07, 6.45) is 0.969. The van der Waals surface area contributed by atoms with E-state index in [2.05, 4.69) is 28.6 Å². The van der Waals surface area contributed by atoms with Crippen LogP contribution in [0.3, 0.4) is 0 Å². The van der Waals surface area contributed by atoms with Gasteiger partial charge in [0.25, 0.3) is 5.91 Å². The van der Waals surface area contributed by atoms with Crippen LogP contribution in [-0.2, 0) is 11.2 Å². The van der Waals surface area contributed by atoms with Crippen LogP contribution in [0.4, 0.5) is 10.1 Å². The van der Waals surface area contributed by atoms with Gasteiger partial charge in [0.15, 0.2) is 5.13 Å². The van der Waals surface area contributed by atoms with Crippen molar-refractivity contribution in [1.29, 1.82) is 0 Å². The van der Waals surface area contributed by atoms with Gasteiger partial charge in [0.2, 0.25) is 5.91 Å². The zero-order chi connectivity index (χ0) is 16.4. The van der Waals surface area contributed by atoms with Crippen LogP contribution in [0, 0.1) is 0 Å². The van der Waals surface area contributed by atoms with Crippen molar-refractivity contribution in [2.45, 2.75) is 20.3 Å². The summed E-state index contributed by atoms with van der Waals surface area (Å²) in [6, 6.07) is 9.52. The second kappa shape index (κ2) is 6.47. The molecule has 0 aliphatic rings. The Balaban J connectivity index is 1.77. The molecule has 23 heavy (non-hydrogen) atoms. The Morgan fingerprint density at radius 2 is 1.96 bits per heavy atom. The first-order chi connectivity index (χ1) is 11.0. The minimum Gasteiger partial charge on any atom is -0.318 e. The van der Waals surface area contributed by atoms with Crippen molar-refractivity contribution in [3.63, 3.8) is 0 Å². The van der Waals surface area contributed by atoms with Crippen molar-refractivity contribution >= 4 is 54.8 Å². The fourth-order valence-corrected chi connectivity index (χ4v) is 3.87. The zero-order valence-corrected chi connectivity index (χ0v) is 14.3. The van der Waals surface area contributed by atoms with Gasteiger partial charge in [0.1, 0.15) is 0 Å². The molecule has 7 heteroatoms. The number of rotatable bonds is 4. The van der Waals surface area contributed by atoms with E-state index in [0.717, 1.165) is 16.6 Å². The van der Waals surface area contributed by atoms with Gasteiger partial charge >= 0.3 is 0 Å². The van der Waals surface area contributed by atoms with Crippen molar-refractivity contribution in [2.75, 3.05) is 10.6 Å². The predicted molar refractivity (Wildman–Crippen MR) is 95.6 cm³/mol. The van der Waals surface area contributed by atoms with Gasteiger partial charge in [0, 0.05) is 6.92 Å². The molecule has 0 aliphatic heterocycles. The van der Waals surface area contributed by atoms with Crippen LogP contribution in [0.1, 0.15) is 29.1 Å². The Morgan fingerprint density at radius 1 is 1.13 bits per heavy atom. The summed E-state index contributed by atoms with van der Waals surface area (Å²) in [5, 5.41) is 6.71. The lowest BCUT2D eigenvalue weighted by atomic mass is 10.2. The highest BCUT2D eigenvalue weighted by molar-refractivity contribution is 7.22. The normalized spacial score (nSPS) is 10.7. The monoisotopic (exact) mass is 345 g/mol. The van der Waals surface area contributed by atoms with E-state index >= 15 is 0 Å². The molecule has 0 radical (unpaired) electrons. The topological polar surface area (TPSA) is 71.1 Å². The van der Waals surface area contributed by atoms with Crippen molar-refractivity contribution in [3.8, 4) is 0 Å². The molecule has 118 valence electrons. The quantitative estimate of drug-likeness (QED) is 0.747. The number of thiophene rings is 1. The number of nitrogens with one attached hydrogen (secondary N) is 2. The summed E-state index contributed by atoms with van der Waals surface area (Å²) in [6.45, 7) is 3.54. The first-order valence-corrected chi connectivity index (χ1v) is 8.76. The molecule has 0 fully saturated rings. The van der Waals surface area contributed by atoms with Crippen molar-refractivity contribution < 1.29 is 9.59 Å².